The minimum atomic E-state index is -0.250. The molecule has 0 spiro atoms. The molecule has 0 bridgehead atoms. The highest BCUT2D eigenvalue weighted by Crippen LogP contribution is 2.08. The first-order valence-corrected chi connectivity index (χ1v) is 5.71. The molecule has 1 aromatic rings. The largest absolute Gasteiger partial charge is 0.399 e. The van der Waals surface area contributed by atoms with Crippen LogP contribution in [0.25, 0.3) is 6.08 Å². The van der Waals surface area contributed by atoms with E-state index < -0.39 is 0 Å². The summed E-state index contributed by atoms with van der Waals surface area (Å²) in [4.78, 5) is 13.1. The van der Waals surface area contributed by atoms with Gasteiger partial charge >= 0.3 is 0 Å². The number of hydrogen-bond donors (Lipinski definition) is 3. The molecule has 1 rings (SSSR count). The molecular weight excluding hydrogens is 232 g/mol. The molecule has 0 radical (unpaired) electrons. The first kappa shape index (κ1) is 14.2. The van der Waals surface area contributed by atoms with E-state index in [1.165, 1.54) is 11.0 Å². The van der Waals surface area contributed by atoms with Gasteiger partial charge in [-0.25, -0.2) is 0 Å². The zero-order valence-corrected chi connectivity index (χ0v) is 10.1. The van der Waals surface area contributed by atoms with E-state index in [9.17, 15) is 4.79 Å². The normalized spacial score (nSPS) is 10.8. The van der Waals surface area contributed by atoms with Gasteiger partial charge in [0.05, 0.1) is 13.2 Å². The summed E-state index contributed by atoms with van der Waals surface area (Å²) >= 11 is 0. The number of carbonyl (C=O) groups is 1. The zero-order chi connectivity index (χ0) is 13.4. The molecule has 0 fully saturated rings. The molecule has 0 heterocycles. The topological polar surface area (TPSA) is 86.8 Å². The number of benzene rings is 1. The first-order valence-electron chi connectivity index (χ1n) is 5.71. The highest BCUT2D eigenvalue weighted by Gasteiger charge is 2.08. The maximum absolute atomic E-state index is 11.8. The summed E-state index contributed by atoms with van der Waals surface area (Å²) in [5.74, 6) is -0.250. The molecule has 0 aromatic heterocycles. The number of nitrogen functional groups attached to an aromatic ring is 1. The maximum Gasteiger partial charge on any atom is 0.246 e. The van der Waals surface area contributed by atoms with Crippen molar-refractivity contribution in [2.45, 2.75) is 0 Å². The fourth-order valence-corrected chi connectivity index (χ4v) is 1.51. The van der Waals surface area contributed by atoms with Crippen molar-refractivity contribution < 1.29 is 15.0 Å². The molecule has 1 amide bonds. The third-order valence-corrected chi connectivity index (χ3v) is 2.38. The number of hydrogen-bond acceptors (Lipinski definition) is 4. The molecular formula is C13H18N2O3. The number of aliphatic hydroxyl groups is 2. The minimum Gasteiger partial charge on any atom is -0.399 e. The van der Waals surface area contributed by atoms with Gasteiger partial charge in [-0.2, -0.15) is 0 Å². The summed E-state index contributed by atoms with van der Waals surface area (Å²) in [5.41, 5.74) is 7.09. The van der Waals surface area contributed by atoms with Crippen LogP contribution in [-0.4, -0.2) is 47.3 Å². The van der Waals surface area contributed by atoms with Crippen LogP contribution in [0.15, 0.2) is 30.3 Å². The van der Waals surface area contributed by atoms with Crippen molar-refractivity contribution in [1.82, 2.24) is 4.90 Å². The van der Waals surface area contributed by atoms with Crippen LogP contribution in [0.5, 0.6) is 0 Å². The van der Waals surface area contributed by atoms with Gasteiger partial charge in [0, 0.05) is 24.9 Å². The lowest BCUT2D eigenvalue weighted by Crippen LogP contribution is -2.34. The average Bonchev–Trinajstić information content (AvgIpc) is 2.36. The highest BCUT2D eigenvalue weighted by atomic mass is 16.3. The molecule has 0 aliphatic carbocycles. The summed E-state index contributed by atoms with van der Waals surface area (Å²) in [6.07, 6.45) is 3.06. The first-order chi connectivity index (χ1) is 8.67. The van der Waals surface area contributed by atoms with E-state index in [1.54, 1.807) is 24.3 Å². The van der Waals surface area contributed by atoms with Gasteiger partial charge in [-0.15, -0.1) is 0 Å². The summed E-state index contributed by atoms with van der Waals surface area (Å²) < 4.78 is 0. The van der Waals surface area contributed by atoms with Crippen molar-refractivity contribution in [2.24, 2.45) is 0 Å². The fourth-order valence-electron chi connectivity index (χ4n) is 1.51. The number of nitrogens with zero attached hydrogens (tertiary/aromatic N) is 1. The summed E-state index contributed by atoms with van der Waals surface area (Å²) in [6, 6.07) is 7.16. The molecule has 0 aliphatic heterocycles. The molecule has 0 atom stereocenters. The van der Waals surface area contributed by atoms with Gasteiger partial charge in [0.2, 0.25) is 5.91 Å². The predicted octanol–water partition coefficient (Wildman–Crippen LogP) is 0.0952. The Morgan fingerprint density at radius 2 is 1.94 bits per heavy atom. The Kier molecular flexibility index (Phi) is 5.90. The number of amides is 1. The molecule has 4 N–H and O–H groups in total. The fraction of sp³-hybridized carbons (Fsp3) is 0.308. The SMILES string of the molecule is Nc1cccc(/C=C/C(=O)N(CCO)CCO)c1. The molecule has 5 heteroatoms. The van der Waals surface area contributed by atoms with E-state index in [0.29, 0.717) is 5.69 Å². The third kappa shape index (κ3) is 4.57. The van der Waals surface area contributed by atoms with Crippen molar-refractivity contribution in [3.8, 4) is 0 Å². The molecule has 5 nitrogen and oxygen atoms in total. The second-order valence-electron chi connectivity index (χ2n) is 3.78. The number of rotatable bonds is 6. The number of aliphatic hydroxyl groups excluding tert-OH is 2. The van der Waals surface area contributed by atoms with Crippen LogP contribution >= 0.6 is 0 Å². The summed E-state index contributed by atoms with van der Waals surface area (Å²) in [6.45, 7) is 0.164. The van der Waals surface area contributed by atoms with Crippen LogP contribution < -0.4 is 5.73 Å². The molecule has 0 saturated carbocycles. The number of anilines is 1. The van der Waals surface area contributed by atoms with E-state index >= 15 is 0 Å². The predicted molar refractivity (Wildman–Crippen MR) is 70.6 cm³/mol. The summed E-state index contributed by atoms with van der Waals surface area (Å²) in [7, 11) is 0. The van der Waals surface area contributed by atoms with Gasteiger partial charge < -0.3 is 20.8 Å². The van der Waals surface area contributed by atoms with Crippen LogP contribution in [0.3, 0.4) is 0 Å². The van der Waals surface area contributed by atoms with Crippen molar-refractivity contribution in [2.75, 3.05) is 32.0 Å². The van der Waals surface area contributed by atoms with Crippen LogP contribution in [0, 0.1) is 0 Å². The van der Waals surface area contributed by atoms with Gasteiger partial charge in [-0.1, -0.05) is 12.1 Å². The van der Waals surface area contributed by atoms with Gasteiger partial charge in [0.15, 0.2) is 0 Å². The average molecular weight is 250 g/mol. The summed E-state index contributed by atoms with van der Waals surface area (Å²) in [5, 5.41) is 17.6. The van der Waals surface area contributed by atoms with Gasteiger partial charge in [-0.3, -0.25) is 4.79 Å². The van der Waals surface area contributed by atoms with Crippen molar-refractivity contribution in [3.63, 3.8) is 0 Å². The molecule has 0 unspecified atom stereocenters. The Balaban J connectivity index is 2.67. The van der Waals surface area contributed by atoms with Crippen LogP contribution in [0.1, 0.15) is 5.56 Å². The Morgan fingerprint density at radius 1 is 1.28 bits per heavy atom. The van der Waals surface area contributed by atoms with E-state index in [1.807, 2.05) is 6.07 Å². The van der Waals surface area contributed by atoms with Crippen molar-refractivity contribution in [1.29, 1.82) is 0 Å². The second kappa shape index (κ2) is 7.47. The van der Waals surface area contributed by atoms with Crippen molar-refractivity contribution in [3.05, 3.63) is 35.9 Å². The minimum absolute atomic E-state index is 0.127. The zero-order valence-electron chi connectivity index (χ0n) is 10.1. The molecule has 1 aromatic carbocycles. The smallest absolute Gasteiger partial charge is 0.246 e. The monoisotopic (exact) mass is 250 g/mol. The quantitative estimate of drug-likeness (QED) is 0.493. The lowest BCUT2D eigenvalue weighted by atomic mass is 10.2. The third-order valence-electron chi connectivity index (χ3n) is 2.38. The Bertz CT molecular complexity index is 412. The van der Waals surface area contributed by atoms with Crippen molar-refractivity contribution >= 4 is 17.7 Å². The lowest BCUT2D eigenvalue weighted by molar-refractivity contribution is -0.126. The van der Waals surface area contributed by atoms with Gasteiger partial charge in [0.25, 0.3) is 0 Å². The molecule has 0 aliphatic rings. The van der Waals surface area contributed by atoms with Crippen LogP contribution in [0.4, 0.5) is 5.69 Å². The Labute approximate surface area is 106 Å². The Hall–Kier alpha value is -1.85. The van der Waals surface area contributed by atoms with Crippen LogP contribution in [-0.2, 0) is 4.79 Å². The Morgan fingerprint density at radius 3 is 2.50 bits per heavy atom. The maximum atomic E-state index is 11.8. The standard InChI is InChI=1S/C13H18N2O3/c14-12-3-1-2-11(10-12)4-5-13(18)15(6-8-16)7-9-17/h1-5,10,16-17H,6-9,14H2/b5-4+. The van der Waals surface area contributed by atoms with E-state index in [0.717, 1.165) is 5.56 Å². The van der Waals surface area contributed by atoms with E-state index in [4.69, 9.17) is 15.9 Å². The molecule has 0 saturated heterocycles. The second-order valence-corrected chi connectivity index (χ2v) is 3.78. The highest BCUT2D eigenvalue weighted by molar-refractivity contribution is 5.91. The number of nitrogens with two attached hydrogens (primary N) is 1. The molecule has 18 heavy (non-hydrogen) atoms. The van der Waals surface area contributed by atoms with E-state index in [2.05, 4.69) is 0 Å². The van der Waals surface area contributed by atoms with Crippen LogP contribution in [0.2, 0.25) is 0 Å². The molecule has 98 valence electrons. The lowest BCUT2D eigenvalue weighted by Gasteiger charge is -2.18. The number of carbonyl (C=O) groups excluding carboxylic acids is 1. The van der Waals surface area contributed by atoms with E-state index in [-0.39, 0.29) is 32.2 Å². The van der Waals surface area contributed by atoms with Gasteiger partial charge in [0.1, 0.15) is 0 Å². The van der Waals surface area contributed by atoms with Gasteiger partial charge in [-0.05, 0) is 23.8 Å².